The van der Waals surface area contributed by atoms with E-state index < -0.39 is 0 Å². The monoisotopic (exact) mass is 303 g/mol. The number of aromatic nitrogens is 2. The molecule has 3 nitrogen and oxygen atoms in total. The third-order valence-corrected chi connectivity index (χ3v) is 5.81. The Morgan fingerprint density at radius 3 is 2.90 bits per heavy atom. The van der Waals surface area contributed by atoms with Crippen molar-refractivity contribution in [3.8, 4) is 0 Å². The lowest BCUT2D eigenvalue weighted by atomic mass is 9.93. The highest BCUT2D eigenvalue weighted by Crippen LogP contribution is 2.32. The first-order chi connectivity index (χ1) is 9.95. The van der Waals surface area contributed by atoms with E-state index in [0.29, 0.717) is 6.04 Å². The van der Waals surface area contributed by atoms with Crippen molar-refractivity contribution < 1.29 is 0 Å². The topological polar surface area (TPSA) is 29.9 Å². The van der Waals surface area contributed by atoms with Crippen LogP contribution in [-0.2, 0) is 25.4 Å². The first-order valence-corrected chi connectivity index (χ1v) is 8.60. The molecule has 0 fully saturated rings. The first-order valence-electron chi connectivity index (χ1n) is 7.78. The molecule has 3 rings (SSSR count). The predicted octanol–water partition coefficient (Wildman–Crippen LogP) is 3.95. The quantitative estimate of drug-likeness (QED) is 0.930. The highest BCUT2D eigenvalue weighted by molar-refractivity contribution is 7.12. The van der Waals surface area contributed by atoms with Gasteiger partial charge in [0.1, 0.15) is 0 Å². The fraction of sp³-hybridized carbons (Fsp3) is 0.588. The molecular weight excluding hydrogens is 278 g/mol. The number of aryl methyl sites for hydroxylation is 1. The van der Waals surface area contributed by atoms with Crippen LogP contribution in [0.4, 0.5) is 0 Å². The largest absolute Gasteiger partial charge is 0.305 e. The van der Waals surface area contributed by atoms with Gasteiger partial charge in [0.15, 0.2) is 0 Å². The Bertz CT molecular complexity index is 618. The van der Waals surface area contributed by atoms with Crippen LogP contribution in [0.15, 0.2) is 18.3 Å². The summed E-state index contributed by atoms with van der Waals surface area (Å²) in [4.78, 5) is 2.89. The molecule has 0 radical (unpaired) electrons. The molecule has 1 N–H and O–H groups in total. The Morgan fingerprint density at radius 1 is 1.38 bits per heavy atom. The fourth-order valence-corrected chi connectivity index (χ4v) is 4.03. The zero-order valence-electron chi connectivity index (χ0n) is 13.4. The van der Waals surface area contributed by atoms with E-state index >= 15 is 0 Å². The highest BCUT2D eigenvalue weighted by atomic mass is 32.1. The average Bonchev–Trinajstić information content (AvgIpc) is 3.04. The highest BCUT2D eigenvalue weighted by Gasteiger charge is 2.23. The summed E-state index contributed by atoms with van der Waals surface area (Å²) in [5, 5.41) is 8.15. The van der Waals surface area contributed by atoms with E-state index in [1.54, 1.807) is 0 Å². The Labute approximate surface area is 131 Å². The zero-order valence-corrected chi connectivity index (χ0v) is 14.3. The SMILES string of the molecule is Cn1ncc2c1CCCC2NCc1ccc(C(C)(C)C)s1. The van der Waals surface area contributed by atoms with Crippen LogP contribution in [0, 0.1) is 0 Å². The van der Waals surface area contributed by atoms with Gasteiger partial charge in [-0.1, -0.05) is 20.8 Å². The van der Waals surface area contributed by atoms with Crippen LogP contribution in [0.2, 0.25) is 0 Å². The van der Waals surface area contributed by atoms with Gasteiger partial charge in [0.25, 0.3) is 0 Å². The van der Waals surface area contributed by atoms with Gasteiger partial charge in [-0.25, -0.2) is 0 Å². The van der Waals surface area contributed by atoms with Gasteiger partial charge in [-0.15, -0.1) is 11.3 Å². The normalized spacial score (nSPS) is 18.8. The third-order valence-electron chi connectivity index (χ3n) is 4.30. The maximum atomic E-state index is 4.42. The second-order valence-electron chi connectivity index (χ2n) is 7.01. The molecule has 2 heterocycles. The zero-order chi connectivity index (χ0) is 15.0. The molecule has 21 heavy (non-hydrogen) atoms. The first kappa shape index (κ1) is 14.8. The number of thiophene rings is 1. The molecule has 1 aliphatic carbocycles. The molecule has 2 aromatic heterocycles. The van der Waals surface area contributed by atoms with E-state index in [-0.39, 0.29) is 5.41 Å². The van der Waals surface area contributed by atoms with E-state index in [9.17, 15) is 0 Å². The molecular formula is C17H25N3S. The molecule has 114 valence electrons. The van der Waals surface area contributed by atoms with Crippen molar-refractivity contribution in [2.45, 2.75) is 58.0 Å². The number of nitrogens with zero attached hydrogens (tertiary/aromatic N) is 2. The van der Waals surface area contributed by atoms with Crippen molar-refractivity contribution in [3.05, 3.63) is 39.3 Å². The van der Waals surface area contributed by atoms with Crippen LogP contribution in [0.3, 0.4) is 0 Å². The van der Waals surface area contributed by atoms with E-state index in [2.05, 4.69) is 50.4 Å². The molecule has 0 bridgehead atoms. The Hall–Kier alpha value is -1.13. The van der Waals surface area contributed by atoms with Gasteiger partial charge < -0.3 is 5.32 Å². The summed E-state index contributed by atoms with van der Waals surface area (Å²) < 4.78 is 2.03. The van der Waals surface area contributed by atoms with Crippen LogP contribution in [-0.4, -0.2) is 9.78 Å². The summed E-state index contributed by atoms with van der Waals surface area (Å²) in [6.45, 7) is 7.79. The molecule has 1 aliphatic rings. The van der Waals surface area contributed by atoms with Gasteiger partial charge in [0, 0.05) is 40.6 Å². The number of nitrogens with one attached hydrogen (secondary N) is 1. The van der Waals surface area contributed by atoms with Crippen molar-refractivity contribution in [2.75, 3.05) is 0 Å². The van der Waals surface area contributed by atoms with Crippen LogP contribution in [0.1, 0.15) is 60.7 Å². The summed E-state index contributed by atoms with van der Waals surface area (Å²) in [5.41, 5.74) is 3.06. The van der Waals surface area contributed by atoms with E-state index in [1.165, 1.54) is 33.9 Å². The fourth-order valence-electron chi connectivity index (χ4n) is 3.02. The molecule has 0 aromatic carbocycles. The van der Waals surface area contributed by atoms with Crippen molar-refractivity contribution in [2.24, 2.45) is 7.05 Å². The standard InChI is InChI=1S/C17H25N3S/c1-17(2,3)16-9-8-12(21-16)10-18-14-6-5-7-15-13(14)11-19-20(15)4/h8-9,11,14,18H,5-7,10H2,1-4H3. The van der Waals surface area contributed by atoms with E-state index in [4.69, 9.17) is 0 Å². The molecule has 0 saturated carbocycles. The number of hydrogen-bond acceptors (Lipinski definition) is 3. The lowest BCUT2D eigenvalue weighted by molar-refractivity contribution is 0.453. The lowest BCUT2D eigenvalue weighted by Crippen LogP contribution is -2.24. The number of fused-ring (bicyclic) bond motifs is 1. The van der Waals surface area contributed by atoms with Crippen LogP contribution in [0.25, 0.3) is 0 Å². The Morgan fingerprint density at radius 2 is 2.19 bits per heavy atom. The minimum atomic E-state index is 0.254. The van der Waals surface area contributed by atoms with Gasteiger partial charge >= 0.3 is 0 Å². The van der Waals surface area contributed by atoms with Crippen LogP contribution in [0.5, 0.6) is 0 Å². The summed E-state index contributed by atoms with van der Waals surface area (Å²) in [6.07, 6.45) is 5.68. The molecule has 0 amide bonds. The van der Waals surface area contributed by atoms with Crippen LogP contribution < -0.4 is 5.32 Å². The Kier molecular flexibility index (Phi) is 3.93. The average molecular weight is 303 g/mol. The van der Waals surface area contributed by atoms with E-state index in [1.807, 2.05) is 22.2 Å². The number of rotatable bonds is 3. The molecule has 1 unspecified atom stereocenters. The van der Waals surface area contributed by atoms with Crippen molar-refractivity contribution in [1.82, 2.24) is 15.1 Å². The maximum Gasteiger partial charge on any atom is 0.0540 e. The molecule has 4 heteroatoms. The summed E-state index contributed by atoms with van der Waals surface area (Å²) in [7, 11) is 2.05. The van der Waals surface area contributed by atoms with Gasteiger partial charge in [0.05, 0.1) is 6.20 Å². The number of hydrogen-bond donors (Lipinski definition) is 1. The second kappa shape index (κ2) is 5.58. The minimum absolute atomic E-state index is 0.254. The summed E-state index contributed by atoms with van der Waals surface area (Å²) in [5.74, 6) is 0. The van der Waals surface area contributed by atoms with Gasteiger partial charge in [0.2, 0.25) is 0 Å². The van der Waals surface area contributed by atoms with Crippen molar-refractivity contribution in [3.63, 3.8) is 0 Å². The van der Waals surface area contributed by atoms with E-state index in [0.717, 1.165) is 13.0 Å². The predicted molar refractivity (Wildman–Crippen MR) is 88.7 cm³/mol. The lowest BCUT2D eigenvalue weighted by Gasteiger charge is -2.23. The molecule has 1 atom stereocenters. The third kappa shape index (κ3) is 3.06. The molecule has 0 spiro atoms. The molecule has 0 aliphatic heterocycles. The minimum Gasteiger partial charge on any atom is -0.305 e. The van der Waals surface area contributed by atoms with Crippen molar-refractivity contribution in [1.29, 1.82) is 0 Å². The Balaban J connectivity index is 1.67. The summed E-state index contributed by atoms with van der Waals surface area (Å²) >= 11 is 1.93. The molecule has 0 saturated heterocycles. The van der Waals surface area contributed by atoms with Gasteiger partial charge in [-0.2, -0.15) is 5.10 Å². The smallest absolute Gasteiger partial charge is 0.0540 e. The van der Waals surface area contributed by atoms with Gasteiger partial charge in [-0.05, 0) is 36.8 Å². The second-order valence-corrected chi connectivity index (χ2v) is 8.18. The summed E-state index contributed by atoms with van der Waals surface area (Å²) in [6, 6.07) is 5.01. The van der Waals surface area contributed by atoms with Crippen LogP contribution >= 0.6 is 11.3 Å². The van der Waals surface area contributed by atoms with Gasteiger partial charge in [-0.3, -0.25) is 4.68 Å². The van der Waals surface area contributed by atoms with Crippen molar-refractivity contribution >= 4 is 11.3 Å². The molecule has 2 aromatic rings. The maximum absolute atomic E-state index is 4.42.